The first-order chi connectivity index (χ1) is 18.9. The van der Waals surface area contributed by atoms with Crippen molar-refractivity contribution in [2.75, 3.05) is 38.6 Å². The standard InChI is InChI=1S/C27H34F3N5O5/c1-15(12-22(36)35(10-8-31)11-9-32)26(38)34-23(24(37)18-6-4-17(5-7-18)16(2)28)27(39)33-19-13-20(29)25(40-3)21(30)14-19/h4-7,13-15,23-24,37H,2,8-12,31-32H2,1,3H3,(H,33,39)(H,34,38). The summed E-state index contributed by atoms with van der Waals surface area (Å²) < 4.78 is 46.4. The number of rotatable bonds is 14. The van der Waals surface area contributed by atoms with E-state index in [-0.39, 0.29) is 55.3 Å². The van der Waals surface area contributed by atoms with Crippen molar-refractivity contribution in [3.8, 4) is 5.75 Å². The Balaban J connectivity index is 2.31. The highest BCUT2D eigenvalue weighted by Crippen LogP contribution is 2.27. The number of hydrogen-bond acceptors (Lipinski definition) is 7. The summed E-state index contributed by atoms with van der Waals surface area (Å²) in [6.07, 6.45) is -1.91. The summed E-state index contributed by atoms with van der Waals surface area (Å²) in [6, 6.07) is 5.22. The maximum atomic E-state index is 14.2. The van der Waals surface area contributed by atoms with Gasteiger partial charge in [-0.25, -0.2) is 13.2 Å². The van der Waals surface area contributed by atoms with Crippen LogP contribution in [-0.4, -0.2) is 67.1 Å². The van der Waals surface area contributed by atoms with E-state index in [0.29, 0.717) is 0 Å². The predicted octanol–water partition coefficient (Wildman–Crippen LogP) is 1.84. The molecule has 13 heteroatoms. The molecule has 10 nitrogen and oxygen atoms in total. The molecule has 0 saturated carbocycles. The lowest BCUT2D eigenvalue weighted by molar-refractivity contribution is -0.137. The molecule has 0 heterocycles. The third-order valence-electron chi connectivity index (χ3n) is 6.01. The van der Waals surface area contributed by atoms with Gasteiger partial charge in [0.15, 0.2) is 17.4 Å². The second-order valence-corrected chi connectivity index (χ2v) is 8.98. The minimum atomic E-state index is -1.68. The third-order valence-corrected chi connectivity index (χ3v) is 6.01. The monoisotopic (exact) mass is 565 g/mol. The molecule has 0 aliphatic rings. The van der Waals surface area contributed by atoms with Crippen molar-refractivity contribution in [2.24, 2.45) is 17.4 Å². The van der Waals surface area contributed by atoms with Crippen LogP contribution in [-0.2, 0) is 14.4 Å². The molecule has 7 N–H and O–H groups in total. The van der Waals surface area contributed by atoms with E-state index in [4.69, 9.17) is 11.5 Å². The van der Waals surface area contributed by atoms with Crippen molar-refractivity contribution >= 4 is 29.2 Å². The van der Waals surface area contributed by atoms with Crippen LogP contribution < -0.4 is 26.8 Å². The van der Waals surface area contributed by atoms with Crippen molar-refractivity contribution in [3.63, 3.8) is 0 Å². The van der Waals surface area contributed by atoms with Gasteiger partial charge in [0.2, 0.25) is 17.7 Å². The molecule has 2 aromatic carbocycles. The summed E-state index contributed by atoms with van der Waals surface area (Å²) in [7, 11) is 1.07. The molecule has 3 amide bonds. The number of ether oxygens (including phenoxy) is 1. The Morgan fingerprint density at radius 2 is 1.60 bits per heavy atom. The number of aliphatic hydroxyl groups is 1. The molecule has 0 aliphatic heterocycles. The summed E-state index contributed by atoms with van der Waals surface area (Å²) in [5.74, 6) is -6.66. The summed E-state index contributed by atoms with van der Waals surface area (Å²) in [5, 5.41) is 15.7. The van der Waals surface area contributed by atoms with Crippen molar-refractivity contribution in [3.05, 3.63) is 65.7 Å². The molecule has 2 aromatic rings. The number of nitrogens with two attached hydrogens (primary N) is 2. The number of carbonyl (C=O) groups is 3. The van der Waals surface area contributed by atoms with Crippen LogP contribution in [0.1, 0.15) is 30.6 Å². The Bertz CT molecular complexity index is 1180. The van der Waals surface area contributed by atoms with Crippen LogP contribution in [0.2, 0.25) is 0 Å². The Morgan fingerprint density at radius 1 is 1.05 bits per heavy atom. The van der Waals surface area contributed by atoms with E-state index in [0.717, 1.165) is 19.2 Å². The van der Waals surface area contributed by atoms with E-state index in [1.807, 2.05) is 0 Å². The minimum absolute atomic E-state index is 0.123. The number of nitrogens with zero attached hydrogens (tertiary/aromatic N) is 1. The lowest BCUT2D eigenvalue weighted by Gasteiger charge is -2.26. The average Bonchev–Trinajstić information content (AvgIpc) is 2.90. The lowest BCUT2D eigenvalue weighted by Crippen LogP contribution is -2.50. The number of benzene rings is 2. The number of halogens is 3. The molecule has 0 radical (unpaired) electrons. The molecule has 0 aliphatic carbocycles. The van der Waals surface area contributed by atoms with E-state index >= 15 is 0 Å². The quantitative estimate of drug-likeness (QED) is 0.234. The molecular weight excluding hydrogens is 531 g/mol. The Hall–Kier alpha value is -3.94. The number of amides is 3. The number of anilines is 1. The SMILES string of the molecule is C=C(F)c1ccc(C(O)C(NC(=O)C(C)CC(=O)N(CCN)CCN)C(=O)Nc2cc(F)c(OC)c(F)c2)cc1. The molecule has 0 saturated heterocycles. The Kier molecular flexibility index (Phi) is 12.1. The van der Waals surface area contributed by atoms with Crippen LogP contribution in [0.25, 0.3) is 5.83 Å². The van der Waals surface area contributed by atoms with Gasteiger partial charge in [0.1, 0.15) is 18.0 Å². The minimum Gasteiger partial charge on any atom is -0.491 e. The average molecular weight is 566 g/mol. The van der Waals surface area contributed by atoms with E-state index < -0.39 is 53.1 Å². The molecule has 3 atom stereocenters. The molecule has 0 aromatic heterocycles. The number of carbonyl (C=O) groups excluding carboxylic acids is 3. The molecule has 2 rings (SSSR count). The largest absolute Gasteiger partial charge is 0.491 e. The Morgan fingerprint density at radius 3 is 2.08 bits per heavy atom. The van der Waals surface area contributed by atoms with Gasteiger partial charge in [-0.3, -0.25) is 14.4 Å². The predicted molar refractivity (Wildman–Crippen MR) is 143 cm³/mol. The maximum absolute atomic E-state index is 14.2. The van der Waals surface area contributed by atoms with Crippen LogP contribution in [0.3, 0.4) is 0 Å². The van der Waals surface area contributed by atoms with E-state index in [2.05, 4.69) is 21.9 Å². The van der Waals surface area contributed by atoms with Crippen LogP contribution >= 0.6 is 0 Å². The summed E-state index contributed by atoms with van der Waals surface area (Å²) in [4.78, 5) is 40.3. The smallest absolute Gasteiger partial charge is 0.250 e. The zero-order valence-corrected chi connectivity index (χ0v) is 22.3. The van der Waals surface area contributed by atoms with Crippen molar-refractivity contribution < 1.29 is 37.4 Å². The molecule has 0 bridgehead atoms. The van der Waals surface area contributed by atoms with Crippen LogP contribution in [0.5, 0.6) is 5.75 Å². The highest BCUT2D eigenvalue weighted by molar-refractivity contribution is 5.98. The molecule has 3 unspecified atom stereocenters. The van der Waals surface area contributed by atoms with Gasteiger partial charge in [-0.2, -0.15) is 0 Å². The first kappa shape index (κ1) is 32.3. The first-order valence-corrected chi connectivity index (χ1v) is 12.4. The van der Waals surface area contributed by atoms with Crippen LogP contribution in [0.15, 0.2) is 43.0 Å². The van der Waals surface area contributed by atoms with Gasteiger partial charge < -0.3 is 36.8 Å². The fourth-order valence-corrected chi connectivity index (χ4v) is 3.84. The van der Waals surface area contributed by atoms with Gasteiger partial charge in [-0.1, -0.05) is 37.8 Å². The van der Waals surface area contributed by atoms with Gasteiger partial charge in [-0.15, -0.1) is 0 Å². The number of hydrogen-bond donors (Lipinski definition) is 5. The zero-order valence-electron chi connectivity index (χ0n) is 22.3. The van der Waals surface area contributed by atoms with Gasteiger partial charge >= 0.3 is 0 Å². The van der Waals surface area contributed by atoms with Crippen molar-refractivity contribution in [2.45, 2.75) is 25.5 Å². The highest BCUT2D eigenvalue weighted by Gasteiger charge is 2.32. The lowest BCUT2D eigenvalue weighted by atomic mass is 9.98. The van der Waals surface area contributed by atoms with Crippen LogP contribution in [0, 0.1) is 17.6 Å². The number of methoxy groups -OCH3 is 1. The normalized spacial score (nSPS) is 13.1. The molecule has 40 heavy (non-hydrogen) atoms. The summed E-state index contributed by atoms with van der Waals surface area (Å²) >= 11 is 0. The topological polar surface area (TPSA) is 160 Å². The second-order valence-electron chi connectivity index (χ2n) is 8.98. The van der Waals surface area contributed by atoms with Crippen molar-refractivity contribution in [1.82, 2.24) is 10.2 Å². The fraction of sp³-hybridized carbons (Fsp3) is 0.370. The molecular formula is C27H34F3N5O5. The van der Waals surface area contributed by atoms with Gasteiger partial charge in [0.05, 0.1) is 7.11 Å². The molecule has 218 valence electrons. The summed E-state index contributed by atoms with van der Waals surface area (Å²) in [6.45, 7) is 5.51. The Labute approximate surface area is 230 Å². The number of nitrogens with one attached hydrogen (secondary N) is 2. The maximum Gasteiger partial charge on any atom is 0.250 e. The van der Waals surface area contributed by atoms with E-state index in [9.17, 15) is 32.7 Å². The summed E-state index contributed by atoms with van der Waals surface area (Å²) in [5.41, 5.74) is 11.0. The third kappa shape index (κ3) is 8.53. The fourth-order valence-electron chi connectivity index (χ4n) is 3.84. The van der Waals surface area contributed by atoms with E-state index in [1.165, 1.54) is 36.1 Å². The van der Waals surface area contributed by atoms with Gasteiger partial charge in [-0.05, 0) is 5.56 Å². The van der Waals surface area contributed by atoms with Gasteiger partial charge in [0.25, 0.3) is 0 Å². The van der Waals surface area contributed by atoms with Gasteiger partial charge in [0, 0.05) is 61.9 Å². The zero-order chi connectivity index (χ0) is 30.0. The molecule has 0 spiro atoms. The first-order valence-electron chi connectivity index (χ1n) is 12.4. The van der Waals surface area contributed by atoms with Crippen molar-refractivity contribution in [1.29, 1.82) is 0 Å². The van der Waals surface area contributed by atoms with E-state index in [1.54, 1.807) is 0 Å². The van der Waals surface area contributed by atoms with Crippen LogP contribution in [0.4, 0.5) is 18.9 Å². The molecule has 0 fully saturated rings. The number of aliphatic hydroxyl groups excluding tert-OH is 1. The highest BCUT2D eigenvalue weighted by atomic mass is 19.1. The second kappa shape index (κ2) is 15.0.